The highest BCUT2D eigenvalue weighted by atomic mass is 16.1. The minimum atomic E-state index is 0.120. The number of hydrogen-bond donors (Lipinski definition) is 0. The minimum Gasteiger partial charge on any atom is -0.300 e. The Kier molecular flexibility index (Phi) is 4.79. The highest BCUT2D eigenvalue weighted by molar-refractivity contribution is 5.79. The van der Waals surface area contributed by atoms with Crippen molar-refractivity contribution < 1.29 is 4.79 Å². The first-order valence-electron chi connectivity index (χ1n) is 6.33. The molecule has 1 nitrogen and oxygen atoms in total. The third-order valence-electron chi connectivity index (χ3n) is 2.41. The molecular weight excluding hydrogens is 196 g/mol. The molecule has 96 valence electrons. The van der Waals surface area contributed by atoms with E-state index in [9.17, 15) is 4.79 Å². The average Bonchev–Trinajstić information content (AvgIpc) is 1.70. The van der Waals surface area contributed by atoms with E-state index in [1.165, 1.54) is 0 Å². The summed E-state index contributed by atoms with van der Waals surface area (Å²) in [5, 5.41) is 0. The van der Waals surface area contributed by atoms with Crippen molar-refractivity contribution in [1.29, 1.82) is 0 Å². The summed E-state index contributed by atoms with van der Waals surface area (Å²) in [5.74, 6) is 0.404. The lowest BCUT2D eigenvalue weighted by molar-refractivity contribution is -0.123. The Balaban J connectivity index is 4.32. The standard InChI is InChI=1S/C15H30O/c1-13(2,3)9-12(16)10-15(7,8)11-14(4,5)6/h9-11H2,1-8H3. The zero-order valence-electron chi connectivity index (χ0n) is 12.5. The molecule has 0 saturated heterocycles. The Morgan fingerprint density at radius 3 is 1.50 bits per heavy atom. The van der Waals surface area contributed by atoms with E-state index >= 15 is 0 Å². The number of rotatable bonds is 4. The zero-order valence-corrected chi connectivity index (χ0v) is 12.5. The highest BCUT2D eigenvalue weighted by Gasteiger charge is 2.29. The van der Waals surface area contributed by atoms with Crippen LogP contribution in [0.4, 0.5) is 0 Å². The predicted molar refractivity (Wildman–Crippen MR) is 71.5 cm³/mol. The molecule has 0 heterocycles. The van der Waals surface area contributed by atoms with Gasteiger partial charge in [-0.2, -0.15) is 0 Å². The van der Waals surface area contributed by atoms with Crippen LogP contribution >= 0.6 is 0 Å². The molecule has 1 heteroatoms. The van der Waals surface area contributed by atoms with Gasteiger partial charge >= 0.3 is 0 Å². The second kappa shape index (κ2) is 4.89. The maximum absolute atomic E-state index is 12.0. The maximum atomic E-state index is 12.0. The van der Waals surface area contributed by atoms with Crippen molar-refractivity contribution in [3.8, 4) is 0 Å². The van der Waals surface area contributed by atoms with Gasteiger partial charge in [-0.15, -0.1) is 0 Å². The molecule has 0 aliphatic heterocycles. The first-order chi connectivity index (χ1) is 6.81. The van der Waals surface area contributed by atoms with Crippen LogP contribution in [0.5, 0.6) is 0 Å². The van der Waals surface area contributed by atoms with Crippen LogP contribution in [0.3, 0.4) is 0 Å². The van der Waals surface area contributed by atoms with Crippen LogP contribution in [0.2, 0.25) is 0 Å². The molecule has 0 aromatic heterocycles. The topological polar surface area (TPSA) is 17.1 Å². The monoisotopic (exact) mass is 226 g/mol. The van der Waals surface area contributed by atoms with E-state index in [0.29, 0.717) is 24.0 Å². The second-order valence-corrected chi connectivity index (χ2v) is 8.35. The van der Waals surface area contributed by atoms with Crippen molar-refractivity contribution in [2.75, 3.05) is 0 Å². The highest BCUT2D eigenvalue weighted by Crippen LogP contribution is 2.37. The number of ketones is 1. The first-order valence-corrected chi connectivity index (χ1v) is 6.33. The van der Waals surface area contributed by atoms with Crippen LogP contribution < -0.4 is 0 Å². The van der Waals surface area contributed by atoms with Gasteiger partial charge < -0.3 is 0 Å². The molecule has 0 fully saturated rings. The SMILES string of the molecule is CC(C)(C)CC(=O)CC(C)(C)CC(C)(C)C. The molecule has 0 atom stereocenters. The second-order valence-electron chi connectivity index (χ2n) is 8.35. The predicted octanol–water partition coefficient (Wildman–Crippen LogP) is 4.84. The van der Waals surface area contributed by atoms with Crippen molar-refractivity contribution in [2.24, 2.45) is 16.2 Å². The summed E-state index contributed by atoms with van der Waals surface area (Å²) in [7, 11) is 0. The van der Waals surface area contributed by atoms with Crippen molar-refractivity contribution in [3.05, 3.63) is 0 Å². The summed E-state index contributed by atoms with van der Waals surface area (Å²) in [6, 6.07) is 0. The van der Waals surface area contributed by atoms with Crippen molar-refractivity contribution in [2.45, 2.75) is 74.7 Å². The molecule has 0 bridgehead atoms. The third kappa shape index (κ3) is 8.94. The maximum Gasteiger partial charge on any atom is 0.133 e. The van der Waals surface area contributed by atoms with E-state index < -0.39 is 0 Å². The summed E-state index contributed by atoms with van der Waals surface area (Å²) in [5.41, 5.74) is 0.543. The van der Waals surface area contributed by atoms with Crippen molar-refractivity contribution in [3.63, 3.8) is 0 Å². The molecule has 0 rings (SSSR count). The van der Waals surface area contributed by atoms with Gasteiger partial charge in [-0.25, -0.2) is 0 Å². The van der Waals surface area contributed by atoms with Gasteiger partial charge in [0.05, 0.1) is 0 Å². The molecule has 0 aromatic carbocycles. The lowest BCUT2D eigenvalue weighted by Crippen LogP contribution is -2.25. The van der Waals surface area contributed by atoms with Crippen LogP contribution in [-0.2, 0) is 4.79 Å². The number of hydrogen-bond acceptors (Lipinski definition) is 1. The fourth-order valence-electron chi connectivity index (χ4n) is 2.69. The summed E-state index contributed by atoms with van der Waals surface area (Å²) >= 11 is 0. The van der Waals surface area contributed by atoms with Gasteiger partial charge in [0.25, 0.3) is 0 Å². The Bertz CT molecular complexity index is 235. The summed E-state index contributed by atoms with van der Waals surface area (Å²) in [4.78, 5) is 12.0. The van der Waals surface area contributed by atoms with Gasteiger partial charge in [-0.3, -0.25) is 4.79 Å². The summed E-state index contributed by atoms with van der Waals surface area (Å²) in [6.07, 6.45) is 2.50. The Hall–Kier alpha value is -0.330. The van der Waals surface area contributed by atoms with Gasteiger partial charge in [-0.1, -0.05) is 55.4 Å². The molecule has 0 aliphatic carbocycles. The van der Waals surface area contributed by atoms with Crippen LogP contribution in [0.15, 0.2) is 0 Å². The quantitative estimate of drug-likeness (QED) is 0.670. The van der Waals surface area contributed by atoms with Gasteiger partial charge in [0.15, 0.2) is 0 Å². The van der Waals surface area contributed by atoms with Crippen LogP contribution in [0.25, 0.3) is 0 Å². The summed E-state index contributed by atoms with van der Waals surface area (Å²) < 4.78 is 0. The lowest BCUT2D eigenvalue weighted by atomic mass is 9.72. The lowest BCUT2D eigenvalue weighted by Gasteiger charge is -2.32. The molecule has 0 radical (unpaired) electrons. The smallest absolute Gasteiger partial charge is 0.133 e. The molecule has 0 aliphatic rings. The van der Waals surface area contributed by atoms with E-state index in [-0.39, 0.29) is 10.8 Å². The Labute approximate surface area is 102 Å². The minimum absolute atomic E-state index is 0.120. The van der Waals surface area contributed by atoms with E-state index in [4.69, 9.17) is 0 Å². The van der Waals surface area contributed by atoms with Crippen LogP contribution in [0, 0.1) is 16.2 Å². The molecule has 0 spiro atoms. The largest absolute Gasteiger partial charge is 0.300 e. The van der Waals surface area contributed by atoms with E-state index in [0.717, 1.165) is 6.42 Å². The van der Waals surface area contributed by atoms with Crippen molar-refractivity contribution >= 4 is 5.78 Å². The van der Waals surface area contributed by atoms with E-state index in [1.54, 1.807) is 0 Å². The zero-order chi connectivity index (χ0) is 13.2. The Morgan fingerprint density at radius 2 is 1.19 bits per heavy atom. The third-order valence-corrected chi connectivity index (χ3v) is 2.41. The van der Waals surface area contributed by atoms with Crippen LogP contribution in [0.1, 0.15) is 74.7 Å². The van der Waals surface area contributed by atoms with Gasteiger partial charge in [0.2, 0.25) is 0 Å². The molecule has 0 saturated carbocycles. The first kappa shape index (κ1) is 15.7. The van der Waals surface area contributed by atoms with Gasteiger partial charge in [-0.05, 0) is 22.7 Å². The van der Waals surface area contributed by atoms with E-state index in [1.807, 2.05) is 0 Å². The molecular formula is C15H30O. The number of carbonyl (C=O) groups excluding carboxylic acids is 1. The molecule has 0 N–H and O–H groups in total. The van der Waals surface area contributed by atoms with Crippen LogP contribution in [-0.4, -0.2) is 5.78 Å². The fourth-order valence-corrected chi connectivity index (χ4v) is 2.69. The van der Waals surface area contributed by atoms with Crippen molar-refractivity contribution in [1.82, 2.24) is 0 Å². The average molecular weight is 226 g/mol. The molecule has 0 unspecified atom stereocenters. The van der Waals surface area contributed by atoms with Gasteiger partial charge in [0.1, 0.15) is 5.78 Å². The molecule has 16 heavy (non-hydrogen) atoms. The normalized spacial score (nSPS) is 14.0. The molecule has 0 amide bonds. The summed E-state index contributed by atoms with van der Waals surface area (Å²) in [6.45, 7) is 17.5. The Morgan fingerprint density at radius 1 is 0.750 bits per heavy atom. The molecule has 0 aromatic rings. The number of carbonyl (C=O) groups is 1. The van der Waals surface area contributed by atoms with Gasteiger partial charge in [0, 0.05) is 12.8 Å². The number of Topliss-reactive ketones (excluding diaryl/α,β-unsaturated/α-hetero) is 1. The fraction of sp³-hybridized carbons (Fsp3) is 0.933. The van der Waals surface area contributed by atoms with E-state index in [2.05, 4.69) is 55.4 Å².